The number of hydrogen-bond donors (Lipinski definition) is 0. The third-order valence-electron chi connectivity index (χ3n) is 2.76. The van der Waals surface area contributed by atoms with Crippen molar-refractivity contribution in [2.24, 2.45) is 11.8 Å². The second-order valence-corrected chi connectivity index (χ2v) is 4.75. The van der Waals surface area contributed by atoms with Gasteiger partial charge < -0.3 is 0 Å². The summed E-state index contributed by atoms with van der Waals surface area (Å²) in [5.41, 5.74) is 1.88. The zero-order valence-electron chi connectivity index (χ0n) is 10.7. The third kappa shape index (κ3) is 3.71. The molecule has 2 heteroatoms. The molecule has 17 heavy (non-hydrogen) atoms. The Labute approximate surface area is 103 Å². The highest BCUT2D eigenvalue weighted by Gasteiger charge is 2.17. The molecule has 0 amide bonds. The molecule has 1 aromatic carbocycles. The van der Waals surface area contributed by atoms with Gasteiger partial charge in [-0.05, 0) is 24.3 Å². The zero-order valence-corrected chi connectivity index (χ0v) is 10.7. The highest BCUT2D eigenvalue weighted by atomic mass is 16.1. The summed E-state index contributed by atoms with van der Waals surface area (Å²) in [4.78, 5) is 11.9. The Morgan fingerprint density at radius 1 is 1.29 bits per heavy atom. The van der Waals surface area contributed by atoms with Crippen LogP contribution in [0.15, 0.2) is 24.3 Å². The summed E-state index contributed by atoms with van der Waals surface area (Å²) in [6, 6.07) is 9.68. The van der Waals surface area contributed by atoms with Gasteiger partial charge in [0.2, 0.25) is 0 Å². The lowest BCUT2D eigenvalue weighted by atomic mass is 9.94. The maximum absolute atomic E-state index is 11.9. The Hall–Kier alpha value is -1.62. The minimum atomic E-state index is -0.508. The summed E-state index contributed by atoms with van der Waals surface area (Å²) in [5.74, 6) is 0.0381. The molecule has 0 aromatic heterocycles. The second kappa shape index (κ2) is 6.20. The van der Waals surface area contributed by atoms with Gasteiger partial charge in [0.25, 0.3) is 0 Å². The van der Waals surface area contributed by atoms with Crippen LogP contribution in [0.25, 0.3) is 0 Å². The molecule has 1 atom stereocenters. The lowest BCUT2D eigenvalue weighted by Gasteiger charge is -2.08. The topological polar surface area (TPSA) is 40.9 Å². The first-order chi connectivity index (χ1) is 8.08. The van der Waals surface area contributed by atoms with E-state index >= 15 is 0 Å². The fourth-order valence-corrected chi connectivity index (χ4v) is 1.81. The molecule has 1 aromatic rings. The second-order valence-electron chi connectivity index (χ2n) is 4.75. The van der Waals surface area contributed by atoms with Crippen molar-refractivity contribution in [3.63, 3.8) is 0 Å². The molecule has 0 N–H and O–H groups in total. The first kappa shape index (κ1) is 13.4. The number of nitrogens with zero attached hydrogens (tertiary/aromatic N) is 1. The van der Waals surface area contributed by atoms with Crippen molar-refractivity contribution < 1.29 is 4.79 Å². The summed E-state index contributed by atoms with van der Waals surface area (Å²) in [6.45, 7) is 6.20. The van der Waals surface area contributed by atoms with E-state index in [2.05, 4.69) is 13.8 Å². The molecule has 0 spiro atoms. The molecule has 0 saturated heterocycles. The maximum Gasteiger partial charge on any atom is 0.179 e. The van der Waals surface area contributed by atoms with Gasteiger partial charge in [-0.3, -0.25) is 4.79 Å². The smallest absolute Gasteiger partial charge is 0.179 e. The van der Waals surface area contributed by atoms with Crippen molar-refractivity contribution in [1.82, 2.24) is 0 Å². The normalized spacial score (nSPS) is 12.2. The van der Waals surface area contributed by atoms with E-state index in [1.54, 1.807) is 0 Å². The molecule has 0 bridgehead atoms. The monoisotopic (exact) mass is 229 g/mol. The molecular weight excluding hydrogens is 210 g/mol. The largest absolute Gasteiger partial charge is 0.293 e. The highest BCUT2D eigenvalue weighted by Crippen LogP contribution is 2.14. The fraction of sp³-hybridized carbons (Fsp3) is 0.467. The number of hydrogen-bond acceptors (Lipinski definition) is 2. The number of ketones is 1. The SMILES string of the molecule is CCC(C#N)C(=O)c1ccc(CC(C)C)cc1. The first-order valence-corrected chi connectivity index (χ1v) is 6.11. The average Bonchev–Trinajstić information content (AvgIpc) is 2.30. The van der Waals surface area contributed by atoms with Crippen LogP contribution in [-0.2, 0) is 6.42 Å². The Morgan fingerprint density at radius 2 is 1.88 bits per heavy atom. The van der Waals surface area contributed by atoms with Crippen LogP contribution in [0.5, 0.6) is 0 Å². The van der Waals surface area contributed by atoms with Crippen LogP contribution >= 0.6 is 0 Å². The zero-order chi connectivity index (χ0) is 12.8. The number of nitriles is 1. The molecule has 1 rings (SSSR count). The Kier molecular flexibility index (Phi) is 4.90. The van der Waals surface area contributed by atoms with E-state index in [9.17, 15) is 4.79 Å². The van der Waals surface area contributed by atoms with Crippen LogP contribution in [0.3, 0.4) is 0 Å². The van der Waals surface area contributed by atoms with Gasteiger partial charge in [0.05, 0.1) is 6.07 Å². The van der Waals surface area contributed by atoms with Crippen LogP contribution in [0.2, 0.25) is 0 Å². The summed E-state index contributed by atoms with van der Waals surface area (Å²) in [7, 11) is 0. The van der Waals surface area contributed by atoms with Crippen molar-refractivity contribution in [3.05, 3.63) is 35.4 Å². The molecule has 0 aliphatic heterocycles. The van der Waals surface area contributed by atoms with Gasteiger partial charge >= 0.3 is 0 Å². The predicted molar refractivity (Wildman–Crippen MR) is 68.7 cm³/mol. The summed E-state index contributed by atoms with van der Waals surface area (Å²) in [5, 5.41) is 8.86. The van der Waals surface area contributed by atoms with Crippen LogP contribution in [0.4, 0.5) is 0 Å². The maximum atomic E-state index is 11.9. The van der Waals surface area contributed by atoms with E-state index in [4.69, 9.17) is 5.26 Å². The number of benzene rings is 1. The molecule has 0 heterocycles. The Morgan fingerprint density at radius 3 is 2.29 bits per heavy atom. The van der Waals surface area contributed by atoms with E-state index in [1.165, 1.54) is 5.56 Å². The Balaban J connectivity index is 2.81. The van der Waals surface area contributed by atoms with E-state index in [0.717, 1.165) is 6.42 Å². The molecular formula is C15H19NO. The Bertz CT molecular complexity index is 412. The van der Waals surface area contributed by atoms with E-state index in [0.29, 0.717) is 17.9 Å². The fourth-order valence-electron chi connectivity index (χ4n) is 1.81. The van der Waals surface area contributed by atoms with Gasteiger partial charge in [0, 0.05) is 5.56 Å². The van der Waals surface area contributed by atoms with Gasteiger partial charge in [-0.1, -0.05) is 45.0 Å². The van der Waals surface area contributed by atoms with Gasteiger partial charge in [-0.25, -0.2) is 0 Å². The van der Waals surface area contributed by atoms with E-state index < -0.39 is 5.92 Å². The quantitative estimate of drug-likeness (QED) is 0.723. The predicted octanol–water partition coefficient (Wildman–Crippen LogP) is 3.62. The molecule has 90 valence electrons. The van der Waals surface area contributed by atoms with Crippen molar-refractivity contribution in [2.45, 2.75) is 33.6 Å². The van der Waals surface area contributed by atoms with Crippen molar-refractivity contribution in [2.75, 3.05) is 0 Å². The number of Topliss-reactive ketones (excluding diaryl/α,β-unsaturated/α-hetero) is 1. The molecule has 1 unspecified atom stereocenters. The molecule has 0 radical (unpaired) electrons. The van der Waals surface area contributed by atoms with Gasteiger partial charge in [-0.2, -0.15) is 5.26 Å². The van der Waals surface area contributed by atoms with Crippen LogP contribution in [0, 0.1) is 23.2 Å². The summed E-state index contributed by atoms with van der Waals surface area (Å²) < 4.78 is 0. The first-order valence-electron chi connectivity index (χ1n) is 6.11. The van der Waals surface area contributed by atoms with Crippen molar-refractivity contribution in [1.29, 1.82) is 5.26 Å². The molecule has 0 fully saturated rings. The number of carbonyl (C=O) groups excluding carboxylic acids is 1. The lowest BCUT2D eigenvalue weighted by Crippen LogP contribution is -2.11. The molecule has 0 aliphatic rings. The number of rotatable bonds is 5. The summed E-state index contributed by atoms with van der Waals surface area (Å²) in [6.07, 6.45) is 1.59. The average molecular weight is 229 g/mol. The van der Waals surface area contributed by atoms with Crippen LogP contribution < -0.4 is 0 Å². The van der Waals surface area contributed by atoms with Crippen molar-refractivity contribution >= 4 is 5.78 Å². The minimum Gasteiger partial charge on any atom is -0.293 e. The molecule has 2 nitrogen and oxygen atoms in total. The van der Waals surface area contributed by atoms with Gasteiger partial charge in [-0.15, -0.1) is 0 Å². The van der Waals surface area contributed by atoms with Crippen LogP contribution in [-0.4, -0.2) is 5.78 Å². The minimum absolute atomic E-state index is 0.0638. The van der Waals surface area contributed by atoms with E-state index in [1.807, 2.05) is 37.3 Å². The van der Waals surface area contributed by atoms with Crippen molar-refractivity contribution in [3.8, 4) is 6.07 Å². The molecule has 0 saturated carbocycles. The van der Waals surface area contributed by atoms with E-state index in [-0.39, 0.29) is 5.78 Å². The standard InChI is InChI=1S/C15H19NO/c1-4-13(10-16)15(17)14-7-5-12(6-8-14)9-11(2)3/h5-8,11,13H,4,9H2,1-3H3. The third-order valence-corrected chi connectivity index (χ3v) is 2.76. The van der Waals surface area contributed by atoms with Gasteiger partial charge in [0.1, 0.15) is 5.92 Å². The highest BCUT2D eigenvalue weighted by molar-refractivity contribution is 5.99. The molecule has 0 aliphatic carbocycles. The number of carbonyl (C=O) groups is 1. The summed E-state index contributed by atoms with van der Waals surface area (Å²) >= 11 is 0. The van der Waals surface area contributed by atoms with Gasteiger partial charge in [0.15, 0.2) is 5.78 Å². The lowest BCUT2D eigenvalue weighted by molar-refractivity contribution is 0.0946. The van der Waals surface area contributed by atoms with Crippen LogP contribution in [0.1, 0.15) is 43.1 Å².